The van der Waals surface area contributed by atoms with Crippen molar-refractivity contribution in [1.82, 2.24) is 5.32 Å². The SMILES string of the molecule is CCCCCCCNC(=O)N(C)c1cccc(-c2ccc(C[C@@](Cc3cccc(OC)c3)(Nc3ccccc3C(=O)c3ccccc3)C(=O)O)cc2)c1. The van der Waals surface area contributed by atoms with E-state index in [1.165, 1.54) is 19.3 Å². The molecule has 0 unspecified atom stereocenters. The molecule has 3 N–H and O–H groups in total. The van der Waals surface area contributed by atoms with Crippen LogP contribution in [-0.2, 0) is 17.6 Å². The number of rotatable bonds is 18. The predicted molar refractivity (Wildman–Crippen MR) is 213 cm³/mol. The van der Waals surface area contributed by atoms with E-state index in [0.717, 1.165) is 40.8 Å². The minimum Gasteiger partial charge on any atom is -0.497 e. The summed E-state index contributed by atoms with van der Waals surface area (Å²) in [6.07, 6.45) is 5.89. The van der Waals surface area contributed by atoms with Crippen LogP contribution >= 0.6 is 0 Å². The van der Waals surface area contributed by atoms with E-state index in [9.17, 15) is 19.5 Å². The quantitative estimate of drug-likeness (QED) is 0.0618. The van der Waals surface area contributed by atoms with Crippen LogP contribution in [0.15, 0.2) is 127 Å². The Morgan fingerprint density at radius 1 is 0.717 bits per heavy atom. The number of nitrogens with zero attached hydrogens (tertiary/aromatic N) is 1. The summed E-state index contributed by atoms with van der Waals surface area (Å²) in [6.45, 7) is 2.83. The Labute approximate surface area is 312 Å². The second kappa shape index (κ2) is 18.6. The van der Waals surface area contributed by atoms with E-state index in [0.29, 0.717) is 29.1 Å². The third kappa shape index (κ3) is 10.1. The molecule has 8 nitrogen and oxygen atoms in total. The van der Waals surface area contributed by atoms with Crippen LogP contribution in [0.5, 0.6) is 5.75 Å². The molecule has 8 heteroatoms. The number of aliphatic carboxylic acids is 1. The Balaban J connectivity index is 1.40. The van der Waals surface area contributed by atoms with Crippen LogP contribution in [0.3, 0.4) is 0 Å². The van der Waals surface area contributed by atoms with Crippen LogP contribution in [0.1, 0.15) is 66.1 Å². The molecule has 274 valence electrons. The molecule has 53 heavy (non-hydrogen) atoms. The second-order valence-electron chi connectivity index (χ2n) is 13.4. The summed E-state index contributed by atoms with van der Waals surface area (Å²) in [5.41, 5.74) is 3.99. The summed E-state index contributed by atoms with van der Waals surface area (Å²) in [5, 5.41) is 17.4. The van der Waals surface area contributed by atoms with Gasteiger partial charge in [-0.1, -0.05) is 124 Å². The summed E-state index contributed by atoms with van der Waals surface area (Å²) in [7, 11) is 3.34. The molecule has 5 aromatic rings. The molecule has 0 bridgehead atoms. The summed E-state index contributed by atoms with van der Waals surface area (Å²) in [4.78, 5) is 41.7. The second-order valence-corrected chi connectivity index (χ2v) is 13.4. The van der Waals surface area contributed by atoms with Crippen molar-refractivity contribution in [1.29, 1.82) is 0 Å². The monoisotopic (exact) mass is 711 g/mol. The van der Waals surface area contributed by atoms with Crippen LogP contribution in [0.2, 0.25) is 0 Å². The number of carboxylic acid groups (broad SMARTS) is 1. The number of para-hydroxylation sites is 1. The first-order chi connectivity index (χ1) is 25.7. The fourth-order valence-corrected chi connectivity index (χ4v) is 6.50. The molecule has 0 aromatic heterocycles. The van der Waals surface area contributed by atoms with Crippen LogP contribution < -0.4 is 20.3 Å². The third-order valence-corrected chi connectivity index (χ3v) is 9.52. The van der Waals surface area contributed by atoms with Gasteiger partial charge in [0, 0.05) is 48.9 Å². The number of nitrogens with one attached hydrogen (secondary N) is 2. The van der Waals surface area contributed by atoms with Gasteiger partial charge in [-0.15, -0.1) is 0 Å². The van der Waals surface area contributed by atoms with Crippen molar-refractivity contribution in [2.75, 3.05) is 30.9 Å². The fourth-order valence-electron chi connectivity index (χ4n) is 6.50. The van der Waals surface area contributed by atoms with E-state index < -0.39 is 11.5 Å². The highest BCUT2D eigenvalue weighted by molar-refractivity contribution is 6.12. The molecular formula is C45H49N3O5. The molecule has 0 aliphatic carbocycles. The summed E-state index contributed by atoms with van der Waals surface area (Å²) < 4.78 is 5.45. The molecule has 0 spiro atoms. The van der Waals surface area contributed by atoms with E-state index in [2.05, 4.69) is 17.6 Å². The number of unbranched alkanes of at least 4 members (excludes halogenated alkanes) is 4. The van der Waals surface area contributed by atoms with E-state index in [1.807, 2.05) is 78.9 Å². The average Bonchev–Trinajstić information content (AvgIpc) is 3.19. The van der Waals surface area contributed by atoms with Gasteiger partial charge in [-0.05, 0) is 65.1 Å². The van der Waals surface area contributed by atoms with Gasteiger partial charge in [0.1, 0.15) is 11.3 Å². The lowest BCUT2D eigenvalue weighted by atomic mass is 9.83. The van der Waals surface area contributed by atoms with Gasteiger partial charge in [-0.2, -0.15) is 0 Å². The maximum absolute atomic E-state index is 13.7. The van der Waals surface area contributed by atoms with Crippen LogP contribution in [0, 0.1) is 0 Å². The number of urea groups is 1. The van der Waals surface area contributed by atoms with Crippen LogP contribution in [0.25, 0.3) is 11.1 Å². The van der Waals surface area contributed by atoms with Crippen LogP contribution in [-0.4, -0.2) is 49.1 Å². The number of carbonyl (C=O) groups excluding carboxylic acids is 2. The molecule has 0 saturated carbocycles. The molecule has 5 aromatic carbocycles. The number of ketones is 1. The Bertz CT molecular complexity index is 1980. The number of benzene rings is 5. The molecule has 1 atom stereocenters. The summed E-state index contributed by atoms with van der Waals surface area (Å²) in [6, 6.07) is 38.8. The highest BCUT2D eigenvalue weighted by Crippen LogP contribution is 2.31. The minimum absolute atomic E-state index is 0.115. The Morgan fingerprint density at radius 3 is 2.15 bits per heavy atom. The topological polar surface area (TPSA) is 108 Å². The number of anilines is 2. The third-order valence-electron chi connectivity index (χ3n) is 9.52. The zero-order valence-corrected chi connectivity index (χ0v) is 30.8. The zero-order valence-electron chi connectivity index (χ0n) is 30.8. The van der Waals surface area contributed by atoms with E-state index >= 15 is 0 Å². The van der Waals surface area contributed by atoms with Crippen molar-refractivity contribution in [2.24, 2.45) is 0 Å². The molecule has 0 heterocycles. The normalized spacial score (nSPS) is 12.0. The number of hydrogen-bond donors (Lipinski definition) is 3. The Hall–Kier alpha value is -5.89. The molecule has 0 aliphatic rings. The van der Waals surface area contributed by atoms with Gasteiger partial charge >= 0.3 is 12.0 Å². The summed E-state index contributed by atoms with van der Waals surface area (Å²) >= 11 is 0. The molecule has 0 fully saturated rings. The molecular weight excluding hydrogens is 663 g/mol. The molecule has 5 rings (SSSR count). The highest BCUT2D eigenvalue weighted by Gasteiger charge is 2.40. The zero-order chi connectivity index (χ0) is 37.6. The fraction of sp³-hybridized carbons (Fsp3) is 0.267. The highest BCUT2D eigenvalue weighted by atomic mass is 16.5. The summed E-state index contributed by atoms with van der Waals surface area (Å²) in [5.74, 6) is -0.633. The van der Waals surface area contributed by atoms with Crippen molar-refractivity contribution in [2.45, 2.75) is 57.4 Å². The van der Waals surface area contributed by atoms with Gasteiger partial charge < -0.3 is 20.5 Å². The lowest BCUT2D eigenvalue weighted by Crippen LogP contribution is -2.50. The molecule has 0 saturated heterocycles. The number of ether oxygens (including phenoxy) is 1. The van der Waals surface area contributed by atoms with Gasteiger partial charge in [-0.3, -0.25) is 9.69 Å². The van der Waals surface area contributed by atoms with Crippen molar-refractivity contribution in [3.63, 3.8) is 0 Å². The number of amides is 2. The van der Waals surface area contributed by atoms with Crippen molar-refractivity contribution in [3.05, 3.63) is 150 Å². The van der Waals surface area contributed by atoms with Crippen molar-refractivity contribution < 1.29 is 24.2 Å². The molecule has 0 radical (unpaired) electrons. The number of carbonyl (C=O) groups is 3. The smallest absolute Gasteiger partial charge is 0.330 e. The van der Waals surface area contributed by atoms with E-state index in [1.54, 1.807) is 67.6 Å². The maximum Gasteiger partial charge on any atom is 0.330 e. The average molecular weight is 712 g/mol. The van der Waals surface area contributed by atoms with Gasteiger partial charge in [0.25, 0.3) is 0 Å². The maximum atomic E-state index is 13.7. The first-order valence-electron chi connectivity index (χ1n) is 18.3. The van der Waals surface area contributed by atoms with Gasteiger partial charge in [0.15, 0.2) is 5.78 Å². The largest absolute Gasteiger partial charge is 0.497 e. The number of hydrogen-bond acceptors (Lipinski definition) is 5. The minimum atomic E-state index is -1.53. The Morgan fingerprint density at radius 2 is 1.42 bits per heavy atom. The van der Waals surface area contributed by atoms with Crippen molar-refractivity contribution in [3.8, 4) is 16.9 Å². The molecule has 0 aliphatic heterocycles. The van der Waals surface area contributed by atoms with E-state index in [-0.39, 0.29) is 24.7 Å². The molecule has 2 amide bonds. The lowest BCUT2D eigenvalue weighted by Gasteiger charge is -2.33. The van der Waals surface area contributed by atoms with Gasteiger partial charge in [-0.25, -0.2) is 9.59 Å². The Kier molecular flexibility index (Phi) is 13.4. The van der Waals surface area contributed by atoms with E-state index in [4.69, 9.17) is 4.74 Å². The predicted octanol–water partition coefficient (Wildman–Crippen LogP) is 9.43. The van der Waals surface area contributed by atoms with Crippen LogP contribution in [0.4, 0.5) is 16.2 Å². The first kappa shape index (κ1) is 38.3. The van der Waals surface area contributed by atoms with Gasteiger partial charge in [0.2, 0.25) is 0 Å². The van der Waals surface area contributed by atoms with Crippen molar-refractivity contribution >= 4 is 29.2 Å². The number of carboxylic acids is 1. The standard InChI is InChI=1S/C45H49N3O5/c1-4-5-6-7-13-28-46-44(52)48(2)38-20-15-19-37(30-38)35-26-24-33(25-27-35)31-45(43(50)51,32-34-16-14-21-39(29-34)53-3)47-41-23-12-11-22-40(41)42(49)36-17-9-8-10-18-36/h8-12,14-27,29-30,47H,4-7,13,28,31-32H2,1-3H3,(H,46,52)(H,50,51)/t45-/m0/s1. The number of methoxy groups -OCH3 is 1. The van der Waals surface area contributed by atoms with Gasteiger partial charge in [0.05, 0.1) is 7.11 Å². The first-order valence-corrected chi connectivity index (χ1v) is 18.3. The lowest BCUT2D eigenvalue weighted by molar-refractivity contribution is -0.142.